The first-order chi connectivity index (χ1) is 19.0. The number of piperidine rings is 1. The van der Waals surface area contributed by atoms with Crippen molar-refractivity contribution in [2.45, 2.75) is 78.0 Å². The van der Waals surface area contributed by atoms with Gasteiger partial charge in [-0.05, 0) is 49.7 Å². The molecule has 0 bridgehead atoms. The third-order valence-electron chi connectivity index (χ3n) is 8.68. The third-order valence-corrected chi connectivity index (χ3v) is 8.68. The lowest BCUT2D eigenvalue weighted by atomic mass is 9.78. The molecule has 0 spiro atoms. The second kappa shape index (κ2) is 10.9. The Bertz CT molecular complexity index is 1310. The molecule has 3 atom stereocenters. The molecule has 2 amide bonds. The average Bonchev–Trinajstić information content (AvgIpc) is 3.03. The number of benzene rings is 2. The minimum atomic E-state index is -0.997. The minimum absolute atomic E-state index is 0.0575. The summed E-state index contributed by atoms with van der Waals surface area (Å²) in [4.78, 5) is 43.1. The number of anilines is 1. The maximum atomic E-state index is 14.5. The Morgan fingerprint density at radius 2 is 1.77 bits per heavy atom. The SMILES string of the molecule is COc1ccccc1[C@H]1O[C@H](CC(=O)N2CCC(C(=O)O)CC2)C(=O)N2c3c(cc(C)cc31)CC[C@@H]2C(C)(C)C. The van der Waals surface area contributed by atoms with Crippen LogP contribution in [-0.4, -0.2) is 60.1 Å². The molecule has 0 radical (unpaired) electrons. The largest absolute Gasteiger partial charge is 0.496 e. The Balaban J connectivity index is 1.58. The maximum Gasteiger partial charge on any atom is 0.306 e. The number of rotatable bonds is 5. The highest BCUT2D eigenvalue weighted by atomic mass is 16.5. The topological polar surface area (TPSA) is 96.4 Å². The first kappa shape index (κ1) is 28.1. The number of nitrogens with zero attached hydrogens (tertiary/aromatic N) is 2. The summed E-state index contributed by atoms with van der Waals surface area (Å²) >= 11 is 0. The van der Waals surface area contributed by atoms with Gasteiger partial charge in [-0.1, -0.05) is 56.7 Å². The zero-order valence-corrected chi connectivity index (χ0v) is 24.1. The highest BCUT2D eigenvalue weighted by Crippen LogP contribution is 2.48. The van der Waals surface area contributed by atoms with Crippen LogP contribution in [0.3, 0.4) is 0 Å². The summed E-state index contributed by atoms with van der Waals surface area (Å²) in [6.07, 6.45) is 0.811. The maximum absolute atomic E-state index is 14.5. The van der Waals surface area contributed by atoms with Crippen LogP contribution >= 0.6 is 0 Å². The molecule has 0 aromatic heterocycles. The number of carbonyl (C=O) groups is 3. The Hall–Kier alpha value is -3.39. The van der Waals surface area contributed by atoms with Gasteiger partial charge in [-0.3, -0.25) is 14.4 Å². The van der Waals surface area contributed by atoms with E-state index in [1.165, 1.54) is 0 Å². The predicted molar refractivity (Wildman–Crippen MR) is 151 cm³/mol. The van der Waals surface area contributed by atoms with Gasteiger partial charge in [0, 0.05) is 30.3 Å². The molecule has 0 saturated carbocycles. The van der Waals surface area contributed by atoms with Crippen LogP contribution < -0.4 is 9.64 Å². The van der Waals surface area contributed by atoms with Crippen LogP contribution in [0.2, 0.25) is 0 Å². The molecule has 1 N–H and O–H groups in total. The van der Waals surface area contributed by atoms with Crippen LogP contribution in [0.4, 0.5) is 5.69 Å². The van der Waals surface area contributed by atoms with E-state index in [1.54, 1.807) is 12.0 Å². The second-order valence-electron chi connectivity index (χ2n) is 12.4. The number of likely N-dealkylation sites (tertiary alicyclic amines) is 1. The van der Waals surface area contributed by atoms with E-state index in [0.29, 0.717) is 31.7 Å². The minimum Gasteiger partial charge on any atom is -0.496 e. The van der Waals surface area contributed by atoms with E-state index in [4.69, 9.17) is 9.47 Å². The highest BCUT2D eigenvalue weighted by Gasteiger charge is 2.47. The van der Waals surface area contributed by atoms with Gasteiger partial charge in [0.2, 0.25) is 5.91 Å². The molecule has 214 valence electrons. The zero-order valence-electron chi connectivity index (χ0n) is 24.1. The quantitative estimate of drug-likeness (QED) is 0.571. The van der Waals surface area contributed by atoms with Crippen LogP contribution in [0.25, 0.3) is 0 Å². The molecule has 0 unspecified atom stereocenters. The first-order valence-electron chi connectivity index (χ1n) is 14.2. The van der Waals surface area contributed by atoms with Crippen molar-refractivity contribution in [3.05, 3.63) is 58.7 Å². The van der Waals surface area contributed by atoms with Crippen LogP contribution in [-0.2, 0) is 25.5 Å². The summed E-state index contributed by atoms with van der Waals surface area (Å²) in [5.41, 5.74) is 4.65. The molecule has 1 saturated heterocycles. The van der Waals surface area contributed by atoms with E-state index in [9.17, 15) is 19.5 Å². The summed E-state index contributed by atoms with van der Waals surface area (Å²) in [6, 6.07) is 11.9. The van der Waals surface area contributed by atoms with Gasteiger partial charge in [-0.2, -0.15) is 0 Å². The fraction of sp³-hybridized carbons (Fsp3) is 0.531. The van der Waals surface area contributed by atoms with Crippen molar-refractivity contribution < 1.29 is 29.0 Å². The van der Waals surface area contributed by atoms with Gasteiger partial charge in [0.05, 0.1) is 25.1 Å². The molecule has 2 aromatic carbocycles. The Morgan fingerprint density at radius 1 is 1.07 bits per heavy atom. The number of amides is 2. The van der Waals surface area contributed by atoms with Gasteiger partial charge >= 0.3 is 5.97 Å². The van der Waals surface area contributed by atoms with Crippen molar-refractivity contribution >= 4 is 23.5 Å². The monoisotopic (exact) mass is 548 g/mol. The summed E-state index contributed by atoms with van der Waals surface area (Å²) < 4.78 is 12.4. The normalized spacial score (nSPS) is 23.4. The fourth-order valence-electron chi connectivity index (χ4n) is 6.60. The van der Waals surface area contributed by atoms with E-state index in [1.807, 2.05) is 29.2 Å². The lowest BCUT2D eigenvalue weighted by Crippen LogP contribution is -2.54. The number of aliphatic carboxylic acids is 1. The molecule has 8 nitrogen and oxygen atoms in total. The summed E-state index contributed by atoms with van der Waals surface area (Å²) in [7, 11) is 1.62. The molecule has 2 aromatic rings. The first-order valence-corrected chi connectivity index (χ1v) is 14.2. The van der Waals surface area contributed by atoms with Crippen LogP contribution in [0.5, 0.6) is 5.75 Å². The summed E-state index contributed by atoms with van der Waals surface area (Å²) in [5.74, 6) is -0.986. The van der Waals surface area contributed by atoms with Crippen LogP contribution in [0.15, 0.2) is 36.4 Å². The molecule has 3 aliphatic rings. The number of ether oxygens (including phenoxy) is 2. The zero-order chi connectivity index (χ0) is 28.8. The molecule has 1 fully saturated rings. The van der Waals surface area contributed by atoms with Crippen molar-refractivity contribution in [1.82, 2.24) is 4.90 Å². The van der Waals surface area contributed by atoms with Gasteiger partial charge < -0.3 is 24.4 Å². The molecular weight excluding hydrogens is 508 g/mol. The third kappa shape index (κ3) is 5.21. The summed E-state index contributed by atoms with van der Waals surface area (Å²) in [6.45, 7) is 9.25. The molecule has 3 aliphatic heterocycles. The molecule has 8 heteroatoms. The molecule has 0 aliphatic carbocycles. The molecule has 40 heavy (non-hydrogen) atoms. The van der Waals surface area contributed by atoms with E-state index in [-0.39, 0.29) is 29.7 Å². The van der Waals surface area contributed by atoms with Crippen LogP contribution in [0.1, 0.15) is 74.8 Å². The number of carboxylic acids is 1. The van der Waals surface area contributed by atoms with E-state index in [2.05, 4.69) is 39.8 Å². The van der Waals surface area contributed by atoms with Gasteiger partial charge in [0.1, 0.15) is 18.0 Å². The Labute approximate surface area is 236 Å². The number of carbonyl (C=O) groups excluding carboxylic acids is 2. The summed E-state index contributed by atoms with van der Waals surface area (Å²) in [5, 5.41) is 9.37. The molecule has 3 heterocycles. The van der Waals surface area contributed by atoms with Crippen molar-refractivity contribution in [1.29, 1.82) is 0 Å². The van der Waals surface area contributed by atoms with Crippen molar-refractivity contribution in [2.24, 2.45) is 11.3 Å². The molecular formula is C32H40N2O6. The fourth-order valence-corrected chi connectivity index (χ4v) is 6.60. The predicted octanol–water partition coefficient (Wildman–Crippen LogP) is 4.90. The number of methoxy groups -OCH3 is 1. The average molecular weight is 549 g/mol. The number of hydrogen-bond acceptors (Lipinski definition) is 5. The number of aryl methyl sites for hydroxylation is 2. The van der Waals surface area contributed by atoms with E-state index in [0.717, 1.165) is 40.8 Å². The standard InChI is InChI=1S/C32H40N2O6/c1-19-16-21-10-11-26(32(2,3)4)34-28(21)23(17-19)29(22-8-6-7-9-24(22)39-5)40-25(30(34)36)18-27(35)33-14-12-20(13-15-33)31(37)38/h6-9,16-17,20,25-26,29H,10-15,18H2,1-5H3,(H,37,38)/t25-,26-,29-/m1/s1. The van der Waals surface area contributed by atoms with Crippen molar-refractivity contribution in [2.75, 3.05) is 25.1 Å². The Kier molecular flexibility index (Phi) is 7.66. The number of carboxylic acid groups (broad SMARTS) is 1. The second-order valence-corrected chi connectivity index (χ2v) is 12.4. The number of para-hydroxylation sites is 1. The smallest absolute Gasteiger partial charge is 0.306 e. The van der Waals surface area contributed by atoms with E-state index >= 15 is 0 Å². The molecule has 5 rings (SSSR count). The van der Waals surface area contributed by atoms with Gasteiger partial charge in [0.25, 0.3) is 5.91 Å². The van der Waals surface area contributed by atoms with Crippen molar-refractivity contribution in [3.8, 4) is 5.75 Å². The lowest BCUT2D eigenvalue weighted by Gasteiger charge is -2.45. The van der Waals surface area contributed by atoms with Gasteiger partial charge in [-0.25, -0.2) is 0 Å². The van der Waals surface area contributed by atoms with Crippen molar-refractivity contribution in [3.63, 3.8) is 0 Å². The lowest BCUT2D eigenvalue weighted by molar-refractivity contribution is -0.148. The van der Waals surface area contributed by atoms with Gasteiger partial charge in [-0.15, -0.1) is 0 Å². The van der Waals surface area contributed by atoms with E-state index < -0.39 is 24.1 Å². The van der Waals surface area contributed by atoms with Gasteiger partial charge in [0.15, 0.2) is 0 Å². The Morgan fingerprint density at radius 3 is 2.42 bits per heavy atom. The van der Waals surface area contributed by atoms with Crippen LogP contribution in [0, 0.1) is 18.3 Å². The highest BCUT2D eigenvalue weighted by molar-refractivity contribution is 6.02. The number of hydrogen-bond donors (Lipinski definition) is 1.